The third-order valence-electron chi connectivity index (χ3n) is 8.74. The van der Waals surface area contributed by atoms with Gasteiger partial charge in [0.25, 0.3) is 0 Å². The molecule has 3 fully saturated rings. The molecule has 0 aliphatic heterocycles. The van der Waals surface area contributed by atoms with Crippen LogP contribution >= 0.6 is 15.9 Å². The van der Waals surface area contributed by atoms with Crippen molar-refractivity contribution in [2.45, 2.75) is 69.7 Å². The van der Waals surface area contributed by atoms with Gasteiger partial charge in [-0.15, -0.1) is 0 Å². The number of fused-ring (bicyclic) bond motifs is 5. The molecule has 0 spiro atoms. The van der Waals surface area contributed by atoms with Gasteiger partial charge in [0.1, 0.15) is 6.17 Å². The van der Waals surface area contributed by atoms with Gasteiger partial charge in [-0.25, -0.2) is 8.78 Å². The summed E-state index contributed by atoms with van der Waals surface area (Å²) < 4.78 is 37.3. The molecule has 0 aromatic rings. The smallest absolute Gasteiger partial charge is 0.303 e. The van der Waals surface area contributed by atoms with Gasteiger partial charge >= 0.3 is 5.97 Å². The van der Waals surface area contributed by atoms with Gasteiger partial charge in [-0.1, -0.05) is 13.0 Å². The van der Waals surface area contributed by atoms with Crippen molar-refractivity contribution in [1.29, 1.82) is 0 Å². The summed E-state index contributed by atoms with van der Waals surface area (Å²) in [6.45, 7) is 3.20. The molecule has 0 aromatic carbocycles. The first-order valence-corrected chi connectivity index (χ1v) is 11.7. The summed E-state index contributed by atoms with van der Waals surface area (Å²) in [5, 5.41) is 33.4. The lowest BCUT2D eigenvalue weighted by Crippen LogP contribution is -2.71. The van der Waals surface area contributed by atoms with E-state index in [0.29, 0.717) is 0 Å². The molecule has 3 saturated carbocycles. The molecule has 3 N–H and O–H groups in total. The minimum Gasteiger partial charge on any atom is -0.458 e. The van der Waals surface area contributed by atoms with Gasteiger partial charge in [-0.2, -0.15) is 0 Å². The number of ketones is 2. The zero-order valence-corrected chi connectivity index (χ0v) is 20.1. The molecule has 0 saturated heterocycles. The normalized spacial score (nSPS) is 48.8. The number of aliphatic hydroxyl groups is 3. The highest BCUT2D eigenvalue weighted by Crippen LogP contribution is 2.70. The molecule has 0 heterocycles. The number of rotatable bonds is 3. The minimum atomic E-state index is -2.42. The van der Waals surface area contributed by atoms with Crippen LogP contribution in [-0.4, -0.2) is 69.1 Å². The fraction of sp³-hybridized carbons (Fsp3) is 0.696. The van der Waals surface area contributed by atoms with E-state index in [2.05, 4.69) is 15.9 Å². The molecule has 10 heteroatoms. The fourth-order valence-electron chi connectivity index (χ4n) is 7.05. The van der Waals surface area contributed by atoms with Crippen LogP contribution in [0.25, 0.3) is 0 Å². The number of Topliss-reactive ketones (excluding diaryl/α,β-unsaturated/α-hetero) is 1. The Hall–Kier alpha value is -1.49. The van der Waals surface area contributed by atoms with Crippen LogP contribution in [0.15, 0.2) is 22.2 Å². The molecule has 4 aliphatic carbocycles. The molecular formula is C23H27BrF2O7. The van der Waals surface area contributed by atoms with Gasteiger partial charge < -0.3 is 20.1 Å². The van der Waals surface area contributed by atoms with E-state index >= 15 is 8.78 Å². The zero-order chi connectivity index (χ0) is 24.7. The molecule has 4 rings (SSSR count). The lowest BCUT2D eigenvalue weighted by molar-refractivity contribution is -0.226. The Morgan fingerprint density at radius 2 is 1.85 bits per heavy atom. The van der Waals surface area contributed by atoms with E-state index < -0.39 is 82.9 Å². The van der Waals surface area contributed by atoms with Crippen molar-refractivity contribution in [1.82, 2.24) is 0 Å². The largest absolute Gasteiger partial charge is 0.458 e. The second-order valence-electron chi connectivity index (χ2n) is 10.2. The van der Waals surface area contributed by atoms with Crippen molar-refractivity contribution in [3.8, 4) is 0 Å². The van der Waals surface area contributed by atoms with E-state index in [0.717, 1.165) is 13.0 Å². The van der Waals surface area contributed by atoms with E-state index in [1.165, 1.54) is 19.9 Å². The van der Waals surface area contributed by atoms with E-state index in [-0.39, 0.29) is 22.9 Å². The van der Waals surface area contributed by atoms with Crippen molar-refractivity contribution in [2.75, 3.05) is 6.61 Å². The monoisotopic (exact) mass is 532 g/mol. The lowest BCUT2D eigenvalue weighted by Gasteiger charge is -2.62. The summed E-state index contributed by atoms with van der Waals surface area (Å²) >= 11 is 3.10. The molecule has 2 unspecified atom stereocenters. The van der Waals surface area contributed by atoms with Crippen LogP contribution in [0.2, 0.25) is 0 Å². The second-order valence-corrected chi connectivity index (χ2v) is 11.1. The molecular weight excluding hydrogens is 506 g/mol. The number of allylic oxidation sites excluding steroid dienone is 4. The topological polar surface area (TPSA) is 121 Å². The highest BCUT2D eigenvalue weighted by molar-refractivity contribution is 9.12. The number of hydrogen-bond acceptors (Lipinski definition) is 7. The van der Waals surface area contributed by atoms with Crippen LogP contribution in [0.5, 0.6) is 0 Å². The van der Waals surface area contributed by atoms with E-state index in [9.17, 15) is 29.7 Å². The standard InChI is InChI=1S/C23H27BrF2O7/c1-10(27)33-9-19(31)23(32)17(29)6-11-12-4-15(25)13-5-16(28)14(24)7-20(13,2)22(12,26)18(30)8-21(11,23)3/h5,7,11-12,15,17-18,29-30,32H,4,6,8-9H2,1-3H3/t11-,12-,15+,17+,18-,20-,21-,22?,23?/m0/s1. The van der Waals surface area contributed by atoms with Crippen LogP contribution < -0.4 is 0 Å². The van der Waals surface area contributed by atoms with E-state index in [1.54, 1.807) is 0 Å². The number of aliphatic hydroxyl groups excluding tert-OH is 2. The summed E-state index contributed by atoms with van der Waals surface area (Å²) in [6, 6.07) is 0. The van der Waals surface area contributed by atoms with Crippen LogP contribution in [0, 0.1) is 22.7 Å². The summed E-state index contributed by atoms with van der Waals surface area (Å²) in [4.78, 5) is 36.2. The Morgan fingerprint density at radius 1 is 1.21 bits per heavy atom. The maximum Gasteiger partial charge on any atom is 0.303 e. The third-order valence-corrected chi connectivity index (χ3v) is 9.36. The number of esters is 1. The molecule has 0 radical (unpaired) electrons. The Kier molecular flexibility index (Phi) is 5.60. The first-order chi connectivity index (χ1) is 15.1. The summed E-state index contributed by atoms with van der Waals surface area (Å²) in [7, 11) is 0. The number of alkyl halides is 2. The van der Waals surface area contributed by atoms with Crippen LogP contribution in [0.3, 0.4) is 0 Å². The van der Waals surface area contributed by atoms with Crippen molar-refractivity contribution >= 4 is 33.5 Å². The number of carbonyl (C=O) groups excluding carboxylic acids is 3. The van der Waals surface area contributed by atoms with Crippen molar-refractivity contribution in [3.05, 3.63) is 22.2 Å². The number of halogens is 3. The van der Waals surface area contributed by atoms with E-state index in [1.807, 2.05) is 0 Å². The number of hydrogen-bond donors (Lipinski definition) is 3. The molecule has 182 valence electrons. The molecule has 7 nitrogen and oxygen atoms in total. The Bertz CT molecular complexity index is 997. The van der Waals surface area contributed by atoms with Crippen molar-refractivity contribution < 1.29 is 43.2 Å². The molecule has 0 bridgehead atoms. The quantitative estimate of drug-likeness (QED) is 0.474. The van der Waals surface area contributed by atoms with Gasteiger partial charge in [0.2, 0.25) is 5.78 Å². The molecule has 0 aromatic heterocycles. The maximum atomic E-state index is 17.1. The van der Waals surface area contributed by atoms with Crippen LogP contribution in [0.4, 0.5) is 8.78 Å². The number of carbonyl (C=O) groups is 3. The van der Waals surface area contributed by atoms with Gasteiger partial charge in [0, 0.05) is 23.7 Å². The minimum absolute atomic E-state index is 0.0543. The zero-order valence-electron chi connectivity index (χ0n) is 18.5. The summed E-state index contributed by atoms with van der Waals surface area (Å²) in [6.07, 6.45) is -3.68. The maximum absolute atomic E-state index is 17.1. The van der Waals surface area contributed by atoms with Gasteiger partial charge in [-0.3, -0.25) is 14.4 Å². The van der Waals surface area contributed by atoms with Crippen molar-refractivity contribution in [3.63, 3.8) is 0 Å². The van der Waals surface area contributed by atoms with Crippen LogP contribution in [-0.2, 0) is 19.1 Å². The predicted octanol–water partition coefficient (Wildman–Crippen LogP) is 1.86. The van der Waals surface area contributed by atoms with E-state index in [4.69, 9.17) is 4.74 Å². The average Bonchev–Trinajstić information content (AvgIpc) is 2.92. The predicted molar refractivity (Wildman–Crippen MR) is 114 cm³/mol. The average molecular weight is 533 g/mol. The van der Waals surface area contributed by atoms with Gasteiger partial charge in [0.15, 0.2) is 23.7 Å². The summed E-state index contributed by atoms with van der Waals surface area (Å²) in [5.41, 5.74) is -8.06. The Morgan fingerprint density at radius 3 is 2.45 bits per heavy atom. The SMILES string of the molecule is CC(=O)OCC(=O)C1(O)[C@H](O)C[C@H]2[C@@H]3C[C@@H](F)C4=CC(=O)C(Br)=C[C@]4(C)C3(F)[C@@H](O)C[C@@]21C. The molecule has 4 aliphatic rings. The molecule has 33 heavy (non-hydrogen) atoms. The Balaban J connectivity index is 1.81. The molecule has 9 atom stereocenters. The van der Waals surface area contributed by atoms with Gasteiger partial charge in [0.05, 0.1) is 16.7 Å². The lowest BCUT2D eigenvalue weighted by atomic mass is 9.44. The van der Waals surface area contributed by atoms with Crippen molar-refractivity contribution in [2.24, 2.45) is 22.7 Å². The first-order valence-electron chi connectivity index (χ1n) is 10.9. The molecule has 0 amide bonds. The fourth-order valence-corrected chi connectivity index (χ4v) is 7.63. The number of ether oxygens (including phenoxy) is 1. The van der Waals surface area contributed by atoms with Gasteiger partial charge in [-0.05, 0) is 59.7 Å². The Labute approximate surface area is 198 Å². The third kappa shape index (κ3) is 2.96. The first kappa shape index (κ1) is 24.6. The van der Waals surface area contributed by atoms with Crippen LogP contribution in [0.1, 0.15) is 40.0 Å². The second kappa shape index (κ2) is 7.50. The highest BCUT2D eigenvalue weighted by Gasteiger charge is 2.77. The highest BCUT2D eigenvalue weighted by atomic mass is 79.9. The summed E-state index contributed by atoms with van der Waals surface area (Å²) in [5.74, 6) is -4.24.